The number of nitrogens with zero attached hydrogens (tertiary/aromatic N) is 2. The monoisotopic (exact) mass is 359 g/mol. The summed E-state index contributed by atoms with van der Waals surface area (Å²) in [5.41, 5.74) is 1.20. The van der Waals surface area contributed by atoms with Crippen molar-refractivity contribution in [2.45, 2.75) is 18.8 Å². The number of rotatable bonds is 6. The van der Waals surface area contributed by atoms with Gasteiger partial charge in [-0.25, -0.2) is 4.79 Å². The first-order valence-electron chi connectivity index (χ1n) is 8.53. The van der Waals surface area contributed by atoms with Crippen molar-refractivity contribution in [1.29, 1.82) is 0 Å². The Morgan fingerprint density at radius 2 is 2.28 bits per heavy atom. The van der Waals surface area contributed by atoms with E-state index in [4.69, 9.17) is 16.3 Å². The molecule has 2 aromatic rings. The molecule has 25 heavy (non-hydrogen) atoms. The van der Waals surface area contributed by atoms with Gasteiger partial charge in [-0.15, -0.1) is 0 Å². The van der Waals surface area contributed by atoms with Crippen LogP contribution in [-0.2, 0) is 0 Å². The number of aromatic nitrogens is 1. The lowest BCUT2D eigenvalue weighted by molar-refractivity contribution is 0.207. The summed E-state index contributed by atoms with van der Waals surface area (Å²) >= 11 is 6.06. The molecule has 1 fully saturated rings. The van der Waals surface area contributed by atoms with Gasteiger partial charge in [0.05, 0.1) is 12.8 Å². The zero-order valence-electron chi connectivity index (χ0n) is 14.0. The molecule has 5 nitrogen and oxygen atoms in total. The average molecular weight is 360 g/mol. The number of nitrogens with one attached hydrogen (secondary N) is 1. The zero-order valence-corrected chi connectivity index (χ0v) is 14.8. The molecular weight excluding hydrogens is 338 g/mol. The Labute approximate surface area is 153 Å². The minimum atomic E-state index is -0.00842. The summed E-state index contributed by atoms with van der Waals surface area (Å²) in [4.78, 5) is 18.1. The van der Waals surface area contributed by atoms with E-state index >= 15 is 0 Å². The van der Waals surface area contributed by atoms with Crippen LogP contribution < -0.4 is 10.1 Å². The molecule has 0 bridgehead atoms. The Morgan fingerprint density at radius 3 is 3.08 bits per heavy atom. The molecule has 1 saturated heterocycles. The van der Waals surface area contributed by atoms with Crippen LogP contribution in [0.4, 0.5) is 4.79 Å². The van der Waals surface area contributed by atoms with Crippen LogP contribution in [0, 0.1) is 0 Å². The number of amides is 2. The number of urea groups is 1. The first-order chi connectivity index (χ1) is 12.2. The van der Waals surface area contributed by atoms with Crippen molar-refractivity contribution in [3.05, 3.63) is 59.4 Å². The summed E-state index contributed by atoms with van der Waals surface area (Å²) in [5, 5.41) is 3.70. The Hall–Kier alpha value is -2.27. The number of carbonyl (C=O) groups is 1. The average Bonchev–Trinajstić information content (AvgIpc) is 3.12. The van der Waals surface area contributed by atoms with E-state index in [1.54, 1.807) is 12.4 Å². The molecule has 0 aliphatic carbocycles. The summed E-state index contributed by atoms with van der Waals surface area (Å²) in [7, 11) is 0. The number of likely N-dealkylation sites (tertiary alicyclic amines) is 1. The van der Waals surface area contributed by atoms with Crippen LogP contribution in [0.25, 0.3) is 0 Å². The number of benzene rings is 1. The minimum absolute atomic E-state index is 0.00842. The largest absolute Gasteiger partial charge is 0.492 e. The van der Waals surface area contributed by atoms with Crippen LogP contribution in [0.1, 0.15) is 24.3 Å². The van der Waals surface area contributed by atoms with Crippen LogP contribution in [0.2, 0.25) is 5.02 Å². The predicted octanol–water partition coefficient (Wildman–Crippen LogP) is 3.70. The van der Waals surface area contributed by atoms with E-state index in [0.717, 1.165) is 36.7 Å². The van der Waals surface area contributed by atoms with Gasteiger partial charge in [0.2, 0.25) is 0 Å². The highest BCUT2D eigenvalue weighted by Crippen LogP contribution is 2.28. The SMILES string of the molecule is O=C(NCCCOc1cccnc1)N1CC[C@H](c2cccc(Cl)c2)C1. The minimum Gasteiger partial charge on any atom is -0.492 e. The topological polar surface area (TPSA) is 54.5 Å². The smallest absolute Gasteiger partial charge is 0.317 e. The number of pyridine rings is 1. The lowest BCUT2D eigenvalue weighted by Crippen LogP contribution is -2.39. The Balaban J connectivity index is 1.36. The third-order valence-corrected chi connectivity index (χ3v) is 4.53. The van der Waals surface area contributed by atoms with Gasteiger partial charge in [-0.05, 0) is 42.7 Å². The third-order valence-electron chi connectivity index (χ3n) is 4.30. The fraction of sp³-hybridized carbons (Fsp3) is 0.368. The second-order valence-corrected chi connectivity index (χ2v) is 6.55. The van der Waals surface area contributed by atoms with E-state index in [9.17, 15) is 4.79 Å². The molecule has 0 radical (unpaired) electrons. The second-order valence-electron chi connectivity index (χ2n) is 6.11. The molecule has 2 amide bonds. The van der Waals surface area contributed by atoms with Crippen molar-refractivity contribution in [2.75, 3.05) is 26.2 Å². The van der Waals surface area contributed by atoms with Gasteiger partial charge in [0.25, 0.3) is 0 Å². The maximum absolute atomic E-state index is 12.3. The zero-order chi connectivity index (χ0) is 17.5. The van der Waals surface area contributed by atoms with Crippen LogP contribution in [0.15, 0.2) is 48.8 Å². The van der Waals surface area contributed by atoms with Gasteiger partial charge in [0.1, 0.15) is 5.75 Å². The molecular formula is C19H22ClN3O2. The lowest BCUT2D eigenvalue weighted by Gasteiger charge is -2.17. The predicted molar refractivity (Wildman–Crippen MR) is 98.1 cm³/mol. The standard InChI is InChI=1S/C19H22ClN3O2/c20-17-5-1-4-15(12-17)16-7-10-23(14-16)19(24)22-9-3-11-25-18-6-2-8-21-13-18/h1-2,4-6,8,12-13,16H,3,7,9-11,14H2,(H,22,24)/t16-/m0/s1. The lowest BCUT2D eigenvalue weighted by atomic mass is 9.99. The fourth-order valence-electron chi connectivity index (χ4n) is 2.98. The third kappa shape index (κ3) is 5.10. The summed E-state index contributed by atoms with van der Waals surface area (Å²) < 4.78 is 5.56. The van der Waals surface area contributed by atoms with Crippen LogP contribution in [0.3, 0.4) is 0 Å². The van der Waals surface area contributed by atoms with E-state index in [0.29, 0.717) is 19.1 Å². The number of hydrogen-bond acceptors (Lipinski definition) is 3. The molecule has 0 spiro atoms. The van der Waals surface area contributed by atoms with Crippen molar-refractivity contribution < 1.29 is 9.53 Å². The van der Waals surface area contributed by atoms with E-state index in [-0.39, 0.29) is 6.03 Å². The summed E-state index contributed by atoms with van der Waals surface area (Å²) in [6, 6.07) is 11.6. The van der Waals surface area contributed by atoms with E-state index < -0.39 is 0 Å². The number of ether oxygens (including phenoxy) is 1. The van der Waals surface area contributed by atoms with Crippen LogP contribution >= 0.6 is 11.6 Å². The normalized spacial score (nSPS) is 16.7. The van der Waals surface area contributed by atoms with Gasteiger partial charge < -0.3 is 15.0 Å². The Kier molecular flexibility index (Phi) is 6.12. The number of hydrogen-bond donors (Lipinski definition) is 1. The first kappa shape index (κ1) is 17.5. The quantitative estimate of drug-likeness (QED) is 0.800. The molecule has 1 aliphatic heterocycles. The summed E-state index contributed by atoms with van der Waals surface area (Å²) in [6.45, 7) is 2.65. The van der Waals surface area contributed by atoms with E-state index in [1.807, 2.05) is 35.2 Å². The van der Waals surface area contributed by atoms with Crippen LogP contribution in [-0.4, -0.2) is 42.2 Å². The molecule has 132 valence electrons. The molecule has 2 heterocycles. The van der Waals surface area contributed by atoms with E-state index in [2.05, 4.69) is 16.4 Å². The highest BCUT2D eigenvalue weighted by molar-refractivity contribution is 6.30. The molecule has 0 unspecified atom stereocenters. The highest BCUT2D eigenvalue weighted by atomic mass is 35.5. The summed E-state index contributed by atoms with van der Waals surface area (Å²) in [6.07, 6.45) is 5.11. The van der Waals surface area contributed by atoms with E-state index in [1.165, 1.54) is 5.56 Å². The summed E-state index contributed by atoms with van der Waals surface area (Å²) in [5.74, 6) is 1.11. The Bertz CT molecular complexity index is 696. The molecule has 1 atom stereocenters. The second kappa shape index (κ2) is 8.72. The van der Waals surface area contributed by atoms with Crippen LogP contribution in [0.5, 0.6) is 5.75 Å². The van der Waals surface area contributed by atoms with Gasteiger partial charge in [-0.2, -0.15) is 0 Å². The Morgan fingerprint density at radius 1 is 1.36 bits per heavy atom. The van der Waals surface area contributed by atoms with Gasteiger partial charge in [0, 0.05) is 36.8 Å². The van der Waals surface area contributed by atoms with Crippen molar-refractivity contribution in [3.8, 4) is 5.75 Å². The van der Waals surface area contributed by atoms with Crippen molar-refractivity contribution in [2.24, 2.45) is 0 Å². The maximum atomic E-state index is 12.3. The van der Waals surface area contributed by atoms with Gasteiger partial charge in [-0.1, -0.05) is 23.7 Å². The van der Waals surface area contributed by atoms with Crippen molar-refractivity contribution in [3.63, 3.8) is 0 Å². The highest BCUT2D eigenvalue weighted by Gasteiger charge is 2.27. The molecule has 1 aromatic heterocycles. The fourth-order valence-corrected chi connectivity index (χ4v) is 3.18. The maximum Gasteiger partial charge on any atom is 0.317 e. The molecule has 1 N–H and O–H groups in total. The van der Waals surface area contributed by atoms with Crippen molar-refractivity contribution in [1.82, 2.24) is 15.2 Å². The van der Waals surface area contributed by atoms with Crippen molar-refractivity contribution >= 4 is 17.6 Å². The molecule has 0 saturated carbocycles. The number of halogens is 1. The van der Waals surface area contributed by atoms with Gasteiger partial charge in [0.15, 0.2) is 0 Å². The number of carbonyl (C=O) groups excluding carboxylic acids is 1. The molecule has 3 rings (SSSR count). The van der Waals surface area contributed by atoms with Gasteiger partial charge >= 0.3 is 6.03 Å². The molecule has 1 aromatic carbocycles. The van der Waals surface area contributed by atoms with Gasteiger partial charge in [-0.3, -0.25) is 4.98 Å². The first-order valence-corrected chi connectivity index (χ1v) is 8.91. The molecule has 6 heteroatoms. The molecule has 1 aliphatic rings.